The summed E-state index contributed by atoms with van der Waals surface area (Å²) >= 11 is 0. The molecule has 0 atom stereocenters. The van der Waals surface area contributed by atoms with Gasteiger partial charge in [-0.1, -0.05) is 0 Å². The molecule has 0 amide bonds. The number of carbonyl (C=O) groups is 2. The van der Waals surface area contributed by atoms with Gasteiger partial charge in [-0.25, -0.2) is 9.18 Å². The SMILES string of the molecule is COC(=O)C(=O)/C=C(\O)c1ccc(C#N)c(F)c1. The van der Waals surface area contributed by atoms with Crippen molar-refractivity contribution in [2.75, 3.05) is 7.11 Å². The summed E-state index contributed by atoms with van der Waals surface area (Å²) in [7, 11) is 1.02. The number of halogens is 1. The van der Waals surface area contributed by atoms with E-state index in [9.17, 15) is 19.1 Å². The average Bonchev–Trinajstić information content (AvgIpc) is 2.37. The molecule has 92 valence electrons. The lowest BCUT2D eigenvalue weighted by Gasteiger charge is -2.01. The zero-order chi connectivity index (χ0) is 13.7. The Morgan fingerprint density at radius 1 is 1.50 bits per heavy atom. The molecule has 1 aromatic rings. The lowest BCUT2D eigenvalue weighted by molar-refractivity contribution is -0.149. The number of hydrogen-bond donors (Lipinski definition) is 1. The number of nitrogens with zero attached hydrogens (tertiary/aromatic N) is 1. The van der Waals surface area contributed by atoms with Gasteiger partial charge in [-0.3, -0.25) is 4.79 Å². The Morgan fingerprint density at radius 2 is 2.17 bits per heavy atom. The van der Waals surface area contributed by atoms with Crippen molar-refractivity contribution in [3.05, 3.63) is 41.2 Å². The third kappa shape index (κ3) is 2.92. The molecule has 0 heterocycles. The Balaban J connectivity index is 3.05. The number of esters is 1. The number of nitriles is 1. The van der Waals surface area contributed by atoms with E-state index in [1.165, 1.54) is 6.07 Å². The maximum absolute atomic E-state index is 13.2. The quantitative estimate of drug-likeness (QED) is 0.378. The van der Waals surface area contributed by atoms with Gasteiger partial charge in [0.05, 0.1) is 12.7 Å². The largest absolute Gasteiger partial charge is 0.507 e. The Labute approximate surface area is 102 Å². The van der Waals surface area contributed by atoms with Crippen molar-refractivity contribution in [2.45, 2.75) is 0 Å². The number of carbonyl (C=O) groups excluding carboxylic acids is 2. The monoisotopic (exact) mass is 249 g/mol. The van der Waals surface area contributed by atoms with Crippen LogP contribution in [0, 0.1) is 17.1 Å². The summed E-state index contributed by atoms with van der Waals surface area (Å²) in [6.07, 6.45) is 0.618. The first-order valence-electron chi connectivity index (χ1n) is 4.72. The van der Waals surface area contributed by atoms with Crippen LogP contribution < -0.4 is 0 Å². The maximum atomic E-state index is 13.2. The summed E-state index contributed by atoms with van der Waals surface area (Å²) in [6, 6.07) is 4.89. The number of methoxy groups -OCH3 is 1. The molecular weight excluding hydrogens is 241 g/mol. The van der Waals surface area contributed by atoms with Crippen LogP contribution in [0.25, 0.3) is 5.76 Å². The summed E-state index contributed by atoms with van der Waals surface area (Å²) in [5, 5.41) is 18.0. The van der Waals surface area contributed by atoms with E-state index in [-0.39, 0.29) is 11.1 Å². The van der Waals surface area contributed by atoms with Crippen LogP contribution in [0.15, 0.2) is 24.3 Å². The van der Waals surface area contributed by atoms with Gasteiger partial charge in [0.25, 0.3) is 5.78 Å². The van der Waals surface area contributed by atoms with Crippen LogP contribution in [0.1, 0.15) is 11.1 Å². The number of aliphatic hydroxyl groups is 1. The third-order valence-electron chi connectivity index (χ3n) is 2.04. The summed E-state index contributed by atoms with van der Waals surface area (Å²) < 4.78 is 17.4. The van der Waals surface area contributed by atoms with Crippen LogP contribution in [0.2, 0.25) is 0 Å². The molecule has 1 N–H and O–H groups in total. The fourth-order valence-electron chi connectivity index (χ4n) is 1.13. The minimum absolute atomic E-state index is 0.0243. The molecule has 0 radical (unpaired) electrons. The first-order chi connectivity index (χ1) is 8.49. The van der Waals surface area contributed by atoms with Crippen LogP contribution in [0.4, 0.5) is 4.39 Å². The van der Waals surface area contributed by atoms with Crippen LogP contribution in [-0.4, -0.2) is 24.0 Å². The first-order valence-corrected chi connectivity index (χ1v) is 4.72. The Kier molecular flexibility index (Phi) is 4.16. The smallest absolute Gasteiger partial charge is 0.378 e. The van der Waals surface area contributed by atoms with E-state index >= 15 is 0 Å². The molecular formula is C12H8FNO4. The average molecular weight is 249 g/mol. The molecule has 0 bridgehead atoms. The number of ether oxygens (including phenoxy) is 1. The van der Waals surface area contributed by atoms with Gasteiger partial charge >= 0.3 is 5.97 Å². The molecule has 0 saturated carbocycles. The molecule has 6 heteroatoms. The molecule has 0 aliphatic carbocycles. The Hall–Kier alpha value is -2.68. The molecule has 5 nitrogen and oxygen atoms in total. The van der Waals surface area contributed by atoms with Gasteiger partial charge in [-0.15, -0.1) is 0 Å². The molecule has 18 heavy (non-hydrogen) atoms. The number of aliphatic hydroxyl groups excluding tert-OH is 1. The lowest BCUT2D eigenvalue weighted by Crippen LogP contribution is -2.13. The minimum atomic E-state index is -1.14. The second-order valence-corrected chi connectivity index (χ2v) is 3.19. The zero-order valence-electron chi connectivity index (χ0n) is 9.31. The van der Waals surface area contributed by atoms with Crippen molar-refractivity contribution in [2.24, 2.45) is 0 Å². The van der Waals surface area contributed by atoms with Gasteiger partial charge in [-0.05, 0) is 18.2 Å². The molecule has 0 aliphatic rings. The summed E-state index contributed by atoms with van der Waals surface area (Å²) in [4.78, 5) is 21.9. The van der Waals surface area contributed by atoms with Crippen LogP contribution >= 0.6 is 0 Å². The summed E-state index contributed by atoms with van der Waals surface area (Å²) in [6.45, 7) is 0. The van der Waals surface area contributed by atoms with Crippen molar-refractivity contribution in [1.29, 1.82) is 5.26 Å². The second kappa shape index (κ2) is 5.59. The Morgan fingerprint density at radius 3 is 2.67 bits per heavy atom. The topological polar surface area (TPSA) is 87.4 Å². The molecule has 0 saturated heterocycles. The fraction of sp³-hybridized carbons (Fsp3) is 0.0833. The van der Waals surface area contributed by atoms with Crippen LogP contribution in [0.5, 0.6) is 0 Å². The van der Waals surface area contributed by atoms with Crippen molar-refractivity contribution >= 4 is 17.5 Å². The van der Waals surface area contributed by atoms with Gasteiger partial charge in [-0.2, -0.15) is 5.26 Å². The molecule has 0 aromatic heterocycles. The van der Waals surface area contributed by atoms with E-state index in [1.54, 1.807) is 6.07 Å². The van der Waals surface area contributed by atoms with E-state index < -0.39 is 23.3 Å². The maximum Gasteiger partial charge on any atom is 0.378 e. The van der Waals surface area contributed by atoms with E-state index in [4.69, 9.17) is 5.26 Å². The number of ketones is 1. The second-order valence-electron chi connectivity index (χ2n) is 3.19. The van der Waals surface area contributed by atoms with E-state index in [1.807, 2.05) is 0 Å². The van der Waals surface area contributed by atoms with Crippen molar-refractivity contribution in [3.63, 3.8) is 0 Å². The number of hydrogen-bond acceptors (Lipinski definition) is 5. The van der Waals surface area contributed by atoms with E-state index in [2.05, 4.69) is 4.74 Å². The normalized spacial score (nSPS) is 10.6. The van der Waals surface area contributed by atoms with Gasteiger partial charge in [0.15, 0.2) is 0 Å². The zero-order valence-corrected chi connectivity index (χ0v) is 9.31. The van der Waals surface area contributed by atoms with Gasteiger partial charge in [0.1, 0.15) is 17.6 Å². The summed E-state index contributed by atoms with van der Waals surface area (Å²) in [5.41, 5.74) is -0.213. The Bertz CT molecular complexity index is 572. The molecule has 0 spiro atoms. The summed E-state index contributed by atoms with van der Waals surface area (Å²) in [5.74, 6) is -3.63. The predicted octanol–water partition coefficient (Wildman–Crippen LogP) is 1.34. The highest BCUT2D eigenvalue weighted by Gasteiger charge is 2.13. The number of rotatable bonds is 3. The van der Waals surface area contributed by atoms with Gasteiger partial charge in [0.2, 0.25) is 0 Å². The standard InChI is InChI=1S/C12H8FNO4/c1-18-12(17)11(16)5-10(15)7-2-3-8(6-14)9(13)4-7/h2-5,15H,1H3/b10-5-. The molecule has 1 rings (SSSR count). The molecule has 1 aromatic carbocycles. The minimum Gasteiger partial charge on any atom is -0.507 e. The lowest BCUT2D eigenvalue weighted by atomic mass is 10.1. The van der Waals surface area contributed by atoms with E-state index in [0.717, 1.165) is 19.2 Å². The van der Waals surface area contributed by atoms with Crippen LogP contribution in [0.3, 0.4) is 0 Å². The van der Waals surface area contributed by atoms with E-state index in [0.29, 0.717) is 6.08 Å². The van der Waals surface area contributed by atoms with Crippen molar-refractivity contribution in [1.82, 2.24) is 0 Å². The van der Waals surface area contributed by atoms with Gasteiger partial charge in [0, 0.05) is 11.6 Å². The first kappa shape index (κ1) is 13.4. The highest BCUT2D eigenvalue weighted by Crippen LogP contribution is 2.15. The third-order valence-corrected chi connectivity index (χ3v) is 2.04. The van der Waals surface area contributed by atoms with Crippen LogP contribution in [-0.2, 0) is 14.3 Å². The fourth-order valence-corrected chi connectivity index (χ4v) is 1.13. The van der Waals surface area contributed by atoms with Crippen molar-refractivity contribution in [3.8, 4) is 6.07 Å². The van der Waals surface area contributed by atoms with Gasteiger partial charge < -0.3 is 9.84 Å². The molecule has 0 fully saturated rings. The van der Waals surface area contributed by atoms with Crippen molar-refractivity contribution < 1.29 is 23.8 Å². The highest BCUT2D eigenvalue weighted by molar-refractivity contribution is 6.39. The predicted molar refractivity (Wildman–Crippen MR) is 58.7 cm³/mol. The highest BCUT2D eigenvalue weighted by atomic mass is 19.1. The number of benzene rings is 1. The molecule has 0 aliphatic heterocycles. The molecule has 0 unspecified atom stereocenters.